The van der Waals surface area contributed by atoms with Gasteiger partial charge in [0.2, 0.25) is 0 Å². The van der Waals surface area contributed by atoms with Gasteiger partial charge in [-0.25, -0.2) is 0 Å². The van der Waals surface area contributed by atoms with Gasteiger partial charge in [0.05, 0.1) is 0 Å². The van der Waals surface area contributed by atoms with Gasteiger partial charge in [-0.2, -0.15) is 10.4 Å². The molecule has 2 rings (SSSR count). The van der Waals surface area contributed by atoms with Crippen molar-refractivity contribution in [3.8, 4) is 6.07 Å². The molecule has 1 N–H and O–H groups in total. The topological polar surface area (TPSA) is 74.0 Å². The van der Waals surface area contributed by atoms with E-state index in [-0.39, 0.29) is 11.7 Å². The first kappa shape index (κ1) is 13.6. The second kappa shape index (κ2) is 5.45. The Morgan fingerprint density at radius 3 is 2.85 bits per heavy atom. The van der Waals surface area contributed by atoms with Crippen LogP contribution in [0.2, 0.25) is 0 Å². The van der Waals surface area contributed by atoms with Crippen LogP contribution in [0.5, 0.6) is 0 Å². The summed E-state index contributed by atoms with van der Waals surface area (Å²) in [5.74, 6) is -0.0147. The van der Waals surface area contributed by atoms with Crippen molar-refractivity contribution in [3.05, 3.63) is 41.6 Å². The van der Waals surface area contributed by atoms with Gasteiger partial charge >= 0.3 is 0 Å². The van der Waals surface area contributed by atoms with E-state index in [9.17, 15) is 4.79 Å². The largest absolute Gasteiger partial charge is 0.378 e. The molecule has 0 fully saturated rings. The molecule has 0 aliphatic carbocycles. The highest BCUT2D eigenvalue weighted by Crippen LogP contribution is 2.16. The normalized spacial score (nSPS) is 9.90. The second-order valence-electron chi connectivity index (χ2n) is 4.58. The lowest BCUT2D eigenvalue weighted by Crippen LogP contribution is -2.15. The molecule has 6 heteroatoms. The van der Waals surface area contributed by atoms with E-state index >= 15 is 0 Å². The Morgan fingerprint density at radius 2 is 2.20 bits per heavy atom. The van der Waals surface area contributed by atoms with Crippen molar-refractivity contribution in [1.82, 2.24) is 9.78 Å². The fourth-order valence-electron chi connectivity index (χ4n) is 1.77. The first-order valence-corrected chi connectivity index (χ1v) is 6.03. The minimum atomic E-state index is -0.288. The summed E-state index contributed by atoms with van der Waals surface area (Å²) in [5.41, 5.74) is 1.79. The number of amides is 1. The van der Waals surface area contributed by atoms with Crippen LogP contribution in [-0.2, 0) is 7.05 Å². The summed E-state index contributed by atoms with van der Waals surface area (Å²) in [7, 11) is 5.51. The molecule has 0 unspecified atom stereocenters. The van der Waals surface area contributed by atoms with E-state index in [2.05, 4.69) is 10.4 Å². The van der Waals surface area contributed by atoms with Gasteiger partial charge in [-0.05, 0) is 18.2 Å². The standard InChI is InChI=1S/C14H15N5O/c1-18(2)12-6-4-5-10(7-12)14(20)16-13-11(8-15)9-19(3)17-13/h4-7,9H,1-3H3,(H,16,17,20). The quantitative estimate of drug-likeness (QED) is 0.918. The van der Waals surface area contributed by atoms with E-state index in [4.69, 9.17) is 5.26 Å². The van der Waals surface area contributed by atoms with Crippen molar-refractivity contribution in [2.24, 2.45) is 7.05 Å². The van der Waals surface area contributed by atoms with Crippen LogP contribution >= 0.6 is 0 Å². The maximum Gasteiger partial charge on any atom is 0.256 e. The molecular formula is C14H15N5O. The van der Waals surface area contributed by atoms with Crippen LogP contribution in [0.1, 0.15) is 15.9 Å². The molecule has 1 aromatic heterocycles. The van der Waals surface area contributed by atoms with Crippen molar-refractivity contribution in [3.63, 3.8) is 0 Å². The molecule has 0 atom stereocenters. The lowest BCUT2D eigenvalue weighted by molar-refractivity contribution is 0.102. The van der Waals surface area contributed by atoms with Crippen molar-refractivity contribution >= 4 is 17.4 Å². The molecule has 20 heavy (non-hydrogen) atoms. The molecule has 6 nitrogen and oxygen atoms in total. The molecule has 0 bridgehead atoms. The third-order valence-electron chi connectivity index (χ3n) is 2.81. The fraction of sp³-hybridized carbons (Fsp3) is 0.214. The zero-order valence-corrected chi connectivity index (χ0v) is 11.6. The smallest absolute Gasteiger partial charge is 0.256 e. The van der Waals surface area contributed by atoms with E-state index < -0.39 is 0 Å². The molecule has 0 aliphatic heterocycles. The number of anilines is 2. The van der Waals surface area contributed by atoms with E-state index in [0.29, 0.717) is 11.1 Å². The Bertz CT molecular complexity index is 681. The van der Waals surface area contributed by atoms with Gasteiger partial charge in [0.15, 0.2) is 5.82 Å². The third-order valence-corrected chi connectivity index (χ3v) is 2.81. The summed E-state index contributed by atoms with van der Waals surface area (Å²) in [6.45, 7) is 0. The number of benzene rings is 1. The highest BCUT2D eigenvalue weighted by atomic mass is 16.1. The number of aromatic nitrogens is 2. The number of aryl methyl sites for hydroxylation is 1. The summed E-state index contributed by atoms with van der Waals surface area (Å²) in [5, 5.41) is 15.7. The van der Waals surface area contributed by atoms with Gasteiger partial charge in [0.25, 0.3) is 5.91 Å². The second-order valence-corrected chi connectivity index (χ2v) is 4.58. The first-order valence-electron chi connectivity index (χ1n) is 6.03. The molecule has 0 aliphatic rings. The summed E-state index contributed by atoms with van der Waals surface area (Å²) in [4.78, 5) is 14.1. The van der Waals surface area contributed by atoms with Crippen LogP contribution in [0, 0.1) is 11.3 Å². The Kier molecular flexibility index (Phi) is 3.71. The Balaban J connectivity index is 2.24. The van der Waals surface area contributed by atoms with Gasteiger partial charge in [-0.15, -0.1) is 0 Å². The maximum absolute atomic E-state index is 12.2. The summed E-state index contributed by atoms with van der Waals surface area (Å²) >= 11 is 0. The maximum atomic E-state index is 12.2. The predicted molar refractivity (Wildman–Crippen MR) is 76.6 cm³/mol. The van der Waals surface area contributed by atoms with Crippen LogP contribution in [0.3, 0.4) is 0 Å². The lowest BCUT2D eigenvalue weighted by Gasteiger charge is -2.13. The van der Waals surface area contributed by atoms with Crippen molar-refractivity contribution in [2.45, 2.75) is 0 Å². The number of carbonyl (C=O) groups excluding carboxylic acids is 1. The monoisotopic (exact) mass is 269 g/mol. The summed E-state index contributed by atoms with van der Waals surface area (Å²) in [6, 6.07) is 9.23. The summed E-state index contributed by atoms with van der Waals surface area (Å²) in [6.07, 6.45) is 1.56. The number of rotatable bonds is 3. The van der Waals surface area contributed by atoms with E-state index in [1.54, 1.807) is 25.4 Å². The van der Waals surface area contributed by atoms with E-state index in [0.717, 1.165) is 5.69 Å². The Morgan fingerprint density at radius 1 is 1.45 bits per heavy atom. The molecule has 1 amide bonds. The lowest BCUT2D eigenvalue weighted by atomic mass is 10.2. The molecule has 0 saturated heterocycles. The molecule has 0 saturated carbocycles. The molecule has 2 aromatic rings. The van der Waals surface area contributed by atoms with Crippen LogP contribution in [-0.4, -0.2) is 29.8 Å². The number of nitrogens with zero attached hydrogens (tertiary/aromatic N) is 4. The van der Waals surface area contributed by atoms with E-state index in [1.807, 2.05) is 37.2 Å². The van der Waals surface area contributed by atoms with Crippen molar-refractivity contribution in [2.75, 3.05) is 24.3 Å². The van der Waals surface area contributed by atoms with E-state index in [1.165, 1.54) is 4.68 Å². The van der Waals surface area contributed by atoms with Gasteiger partial charge < -0.3 is 10.2 Å². The fourth-order valence-corrected chi connectivity index (χ4v) is 1.77. The zero-order valence-electron chi connectivity index (χ0n) is 11.6. The van der Waals surface area contributed by atoms with Gasteiger partial charge in [0, 0.05) is 38.6 Å². The highest BCUT2D eigenvalue weighted by molar-refractivity contribution is 6.04. The molecular weight excluding hydrogens is 254 g/mol. The average Bonchev–Trinajstić information content (AvgIpc) is 2.78. The Labute approximate surface area is 117 Å². The van der Waals surface area contributed by atoms with Crippen LogP contribution in [0.15, 0.2) is 30.5 Å². The minimum Gasteiger partial charge on any atom is -0.378 e. The van der Waals surface area contributed by atoms with Crippen LogP contribution < -0.4 is 10.2 Å². The minimum absolute atomic E-state index is 0.273. The molecule has 102 valence electrons. The molecule has 0 radical (unpaired) electrons. The molecule has 0 spiro atoms. The molecule has 1 aromatic carbocycles. The first-order chi connectivity index (χ1) is 9.51. The number of nitriles is 1. The van der Waals surface area contributed by atoms with Crippen molar-refractivity contribution in [1.29, 1.82) is 5.26 Å². The number of hydrogen-bond acceptors (Lipinski definition) is 4. The average molecular weight is 269 g/mol. The molecule has 1 heterocycles. The highest BCUT2D eigenvalue weighted by Gasteiger charge is 2.13. The number of hydrogen-bond donors (Lipinski definition) is 1. The Hall–Kier alpha value is -2.81. The zero-order chi connectivity index (χ0) is 14.7. The van der Waals surface area contributed by atoms with Gasteiger partial charge in [0.1, 0.15) is 11.6 Å². The van der Waals surface area contributed by atoms with Crippen LogP contribution in [0.4, 0.5) is 11.5 Å². The predicted octanol–water partition coefficient (Wildman–Crippen LogP) is 1.61. The number of carbonyl (C=O) groups is 1. The van der Waals surface area contributed by atoms with Crippen molar-refractivity contribution < 1.29 is 4.79 Å². The van der Waals surface area contributed by atoms with Gasteiger partial charge in [-0.3, -0.25) is 9.48 Å². The summed E-state index contributed by atoms with van der Waals surface area (Å²) < 4.78 is 1.49. The number of nitrogens with one attached hydrogen (secondary N) is 1. The third kappa shape index (κ3) is 2.78. The van der Waals surface area contributed by atoms with Crippen LogP contribution in [0.25, 0.3) is 0 Å². The SMILES string of the molecule is CN(C)c1cccc(C(=O)Nc2nn(C)cc2C#N)c1. The van der Waals surface area contributed by atoms with Gasteiger partial charge in [-0.1, -0.05) is 6.07 Å².